The number of hydrogen-bond donors (Lipinski definition) is 1. The summed E-state index contributed by atoms with van der Waals surface area (Å²) in [6, 6.07) is 13.0. The largest absolute Gasteiger partial charge is 0.493 e. The minimum Gasteiger partial charge on any atom is -0.493 e. The highest BCUT2D eigenvalue weighted by Crippen LogP contribution is 2.28. The molecule has 6 nitrogen and oxygen atoms in total. The summed E-state index contributed by atoms with van der Waals surface area (Å²) in [6.45, 7) is 1.67. The number of para-hydroxylation sites is 1. The van der Waals surface area contributed by atoms with E-state index in [1.165, 1.54) is 4.90 Å². The predicted octanol–water partition coefficient (Wildman–Crippen LogP) is 3.93. The zero-order valence-electron chi connectivity index (χ0n) is 17.1. The number of nitrogens with one attached hydrogen (secondary N) is 1. The van der Waals surface area contributed by atoms with Crippen molar-refractivity contribution in [3.8, 4) is 11.5 Å². The lowest BCUT2D eigenvalue weighted by Crippen LogP contribution is -2.37. The van der Waals surface area contributed by atoms with Gasteiger partial charge in [-0.05, 0) is 43.0 Å². The van der Waals surface area contributed by atoms with E-state index in [4.69, 9.17) is 9.47 Å². The maximum atomic E-state index is 12.4. The Labute approximate surface area is 175 Å². The lowest BCUT2D eigenvalue weighted by Gasteiger charge is -2.18. The van der Waals surface area contributed by atoms with Crippen LogP contribution in [-0.2, 0) is 9.59 Å². The second-order valence-corrected chi connectivity index (χ2v) is 7.05. The topological polar surface area (TPSA) is 67.9 Å². The van der Waals surface area contributed by atoms with E-state index >= 15 is 0 Å². The Morgan fingerprint density at radius 1 is 1.17 bits per heavy atom. The summed E-state index contributed by atoms with van der Waals surface area (Å²) in [4.78, 5) is 26.9. The quantitative estimate of drug-likeness (QED) is 0.630. The number of likely N-dealkylation sites (N-methyl/N-ethyl adjacent to an activating group) is 1. The number of hydrogen-bond acceptors (Lipinski definition) is 5. The van der Waals surface area contributed by atoms with E-state index in [-0.39, 0.29) is 25.0 Å². The van der Waals surface area contributed by atoms with Crippen LogP contribution < -0.4 is 14.8 Å². The first kappa shape index (κ1) is 22.4. The Kier molecular flexibility index (Phi) is 8.61. The highest BCUT2D eigenvalue weighted by molar-refractivity contribution is 7.98. The minimum absolute atomic E-state index is 0.0672. The van der Waals surface area contributed by atoms with Crippen molar-refractivity contribution in [2.45, 2.75) is 11.8 Å². The molecule has 0 radical (unpaired) electrons. The fraction of sp³-hybridized carbons (Fsp3) is 0.273. The molecule has 0 atom stereocenters. The van der Waals surface area contributed by atoms with Crippen LogP contribution in [0.5, 0.6) is 11.5 Å². The SMILES string of the molecule is C/C=C/c1ccc(OCC(=O)N(C)CC(=O)Nc2ccccc2SC)c(OC)c1. The highest BCUT2D eigenvalue weighted by atomic mass is 32.2. The van der Waals surface area contributed by atoms with E-state index in [2.05, 4.69) is 5.32 Å². The van der Waals surface area contributed by atoms with Crippen LogP contribution in [0.1, 0.15) is 12.5 Å². The molecular weight excluding hydrogens is 388 g/mol. The maximum absolute atomic E-state index is 12.4. The Morgan fingerprint density at radius 2 is 1.93 bits per heavy atom. The Hall–Kier alpha value is -2.93. The van der Waals surface area contributed by atoms with Crippen molar-refractivity contribution < 1.29 is 19.1 Å². The third-order valence-electron chi connectivity index (χ3n) is 4.09. The molecule has 0 bridgehead atoms. The predicted molar refractivity (Wildman–Crippen MR) is 118 cm³/mol. The van der Waals surface area contributed by atoms with E-state index in [9.17, 15) is 9.59 Å². The van der Waals surface area contributed by atoms with Crippen LogP contribution >= 0.6 is 11.8 Å². The van der Waals surface area contributed by atoms with Gasteiger partial charge < -0.3 is 19.7 Å². The molecule has 0 spiro atoms. The molecule has 0 aromatic heterocycles. The van der Waals surface area contributed by atoms with Crippen LogP contribution in [0.3, 0.4) is 0 Å². The molecule has 0 aliphatic heterocycles. The van der Waals surface area contributed by atoms with Gasteiger partial charge in [-0.25, -0.2) is 0 Å². The van der Waals surface area contributed by atoms with Crippen LogP contribution in [0.25, 0.3) is 6.08 Å². The number of anilines is 1. The normalized spacial score (nSPS) is 10.6. The number of benzene rings is 2. The molecule has 154 valence electrons. The number of carbonyl (C=O) groups is 2. The second kappa shape index (κ2) is 11.2. The van der Waals surface area contributed by atoms with Gasteiger partial charge in [0, 0.05) is 11.9 Å². The maximum Gasteiger partial charge on any atom is 0.260 e. The first-order valence-electron chi connectivity index (χ1n) is 9.08. The van der Waals surface area contributed by atoms with Gasteiger partial charge in [0.2, 0.25) is 5.91 Å². The third kappa shape index (κ3) is 6.57. The van der Waals surface area contributed by atoms with Gasteiger partial charge in [-0.15, -0.1) is 11.8 Å². The Morgan fingerprint density at radius 3 is 2.62 bits per heavy atom. The molecule has 0 aliphatic carbocycles. The molecule has 0 saturated heterocycles. The Bertz CT molecular complexity index is 883. The second-order valence-electron chi connectivity index (χ2n) is 6.20. The van der Waals surface area contributed by atoms with Gasteiger partial charge in [0.25, 0.3) is 5.91 Å². The monoisotopic (exact) mass is 414 g/mol. The van der Waals surface area contributed by atoms with E-state index in [1.807, 2.05) is 61.7 Å². The van der Waals surface area contributed by atoms with Gasteiger partial charge in [-0.1, -0.05) is 30.4 Å². The summed E-state index contributed by atoms with van der Waals surface area (Å²) in [5, 5.41) is 2.84. The molecule has 0 fully saturated rings. The van der Waals surface area contributed by atoms with Gasteiger partial charge in [-0.2, -0.15) is 0 Å². The number of ether oxygens (including phenoxy) is 2. The molecule has 2 rings (SSSR count). The summed E-state index contributed by atoms with van der Waals surface area (Å²) in [7, 11) is 3.12. The molecule has 2 aromatic rings. The summed E-state index contributed by atoms with van der Waals surface area (Å²) >= 11 is 1.54. The number of methoxy groups -OCH3 is 1. The number of nitrogens with zero attached hydrogens (tertiary/aromatic N) is 1. The molecule has 0 saturated carbocycles. The lowest BCUT2D eigenvalue weighted by molar-refractivity contribution is -0.135. The van der Waals surface area contributed by atoms with Crippen molar-refractivity contribution in [3.63, 3.8) is 0 Å². The highest BCUT2D eigenvalue weighted by Gasteiger charge is 2.16. The number of thioether (sulfide) groups is 1. The van der Waals surface area contributed by atoms with E-state index in [1.54, 1.807) is 32.0 Å². The first-order chi connectivity index (χ1) is 14.0. The lowest BCUT2D eigenvalue weighted by atomic mass is 10.2. The van der Waals surface area contributed by atoms with Crippen molar-refractivity contribution in [2.24, 2.45) is 0 Å². The minimum atomic E-state index is -0.308. The molecule has 0 heterocycles. The van der Waals surface area contributed by atoms with E-state index < -0.39 is 0 Å². The molecule has 29 heavy (non-hydrogen) atoms. The number of rotatable bonds is 9. The smallest absolute Gasteiger partial charge is 0.260 e. The third-order valence-corrected chi connectivity index (χ3v) is 4.88. The summed E-state index contributed by atoms with van der Waals surface area (Å²) in [6.07, 6.45) is 5.81. The fourth-order valence-corrected chi connectivity index (χ4v) is 3.14. The average molecular weight is 415 g/mol. The molecule has 1 N–H and O–H groups in total. The molecule has 2 aromatic carbocycles. The van der Waals surface area contributed by atoms with Gasteiger partial charge >= 0.3 is 0 Å². The molecule has 7 heteroatoms. The average Bonchev–Trinajstić information content (AvgIpc) is 2.72. The molecule has 0 aliphatic rings. The van der Waals surface area contributed by atoms with Crippen LogP contribution in [0.15, 0.2) is 53.4 Å². The fourth-order valence-electron chi connectivity index (χ4n) is 2.59. The van der Waals surface area contributed by atoms with Gasteiger partial charge in [-0.3, -0.25) is 9.59 Å². The van der Waals surface area contributed by atoms with E-state index in [0.717, 1.165) is 16.1 Å². The molecule has 0 unspecified atom stereocenters. The zero-order chi connectivity index (χ0) is 21.2. The van der Waals surface area contributed by atoms with Crippen LogP contribution in [0, 0.1) is 0 Å². The van der Waals surface area contributed by atoms with E-state index in [0.29, 0.717) is 11.5 Å². The zero-order valence-corrected chi connectivity index (χ0v) is 17.9. The van der Waals surface area contributed by atoms with Crippen LogP contribution in [0.4, 0.5) is 5.69 Å². The van der Waals surface area contributed by atoms with Crippen molar-refractivity contribution in [1.29, 1.82) is 0 Å². The molecular formula is C22H26N2O4S. The Balaban J connectivity index is 1.91. The van der Waals surface area contributed by atoms with Crippen molar-refractivity contribution in [2.75, 3.05) is 38.9 Å². The standard InChI is InChI=1S/C22H26N2O4S/c1-5-8-16-11-12-18(19(13-16)27-3)28-15-22(26)24(2)14-21(25)23-17-9-6-7-10-20(17)29-4/h5-13H,14-15H2,1-4H3,(H,23,25)/b8-5+. The number of carbonyl (C=O) groups excluding carboxylic acids is 2. The van der Waals surface area contributed by atoms with Crippen LogP contribution in [0.2, 0.25) is 0 Å². The summed E-state index contributed by atoms with van der Waals surface area (Å²) in [5.74, 6) is 0.442. The number of amides is 2. The van der Waals surface area contributed by atoms with Gasteiger partial charge in [0.1, 0.15) is 0 Å². The van der Waals surface area contributed by atoms with Crippen molar-refractivity contribution in [1.82, 2.24) is 4.90 Å². The summed E-state index contributed by atoms with van der Waals surface area (Å²) < 4.78 is 10.9. The van der Waals surface area contributed by atoms with Gasteiger partial charge in [0.15, 0.2) is 18.1 Å². The number of allylic oxidation sites excluding steroid dienone is 1. The first-order valence-corrected chi connectivity index (χ1v) is 10.3. The van der Waals surface area contributed by atoms with Crippen molar-refractivity contribution >= 4 is 35.3 Å². The van der Waals surface area contributed by atoms with Crippen molar-refractivity contribution in [3.05, 3.63) is 54.1 Å². The van der Waals surface area contributed by atoms with Crippen LogP contribution in [-0.4, -0.2) is 50.3 Å². The van der Waals surface area contributed by atoms with Gasteiger partial charge in [0.05, 0.1) is 19.3 Å². The molecule has 2 amide bonds. The summed E-state index contributed by atoms with van der Waals surface area (Å²) in [5.41, 5.74) is 1.70.